The summed E-state index contributed by atoms with van der Waals surface area (Å²) >= 11 is 0. The minimum absolute atomic E-state index is 0.0357. The van der Waals surface area contributed by atoms with Crippen molar-refractivity contribution in [2.75, 3.05) is 32.8 Å². The summed E-state index contributed by atoms with van der Waals surface area (Å²) < 4.78 is 20.0. The van der Waals surface area contributed by atoms with E-state index in [-0.39, 0.29) is 17.8 Å². The Balaban J connectivity index is 1.66. The Hall–Kier alpha value is -2.24. The average molecular weight is 399 g/mol. The number of carbonyl (C=O) groups is 1. The van der Waals surface area contributed by atoms with Gasteiger partial charge in [-0.15, -0.1) is 0 Å². The highest BCUT2D eigenvalue weighted by Crippen LogP contribution is 2.16. The summed E-state index contributed by atoms with van der Waals surface area (Å²) in [6.45, 7) is 10.1. The van der Waals surface area contributed by atoms with Crippen molar-refractivity contribution < 1.29 is 13.9 Å². The Kier molecular flexibility index (Phi) is 7.40. The van der Waals surface area contributed by atoms with Crippen molar-refractivity contribution in [2.45, 2.75) is 33.4 Å². The molecule has 0 aliphatic carbocycles. The van der Waals surface area contributed by atoms with E-state index in [9.17, 15) is 9.18 Å². The molecule has 0 N–H and O–H groups in total. The van der Waals surface area contributed by atoms with E-state index in [1.54, 1.807) is 6.07 Å². The molecule has 0 spiro atoms. The second-order valence-electron chi connectivity index (χ2n) is 8.29. The van der Waals surface area contributed by atoms with Gasteiger partial charge in [-0.3, -0.25) is 9.69 Å². The zero-order valence-electron chi connectivity index (χ0n) is 17.6. The summed E-state index contributed by atoms with van der Waals surface area (Å²) in [7, 11) is 0. The molecule has 1 amide bonds. The molecule has 5 heteroatoms. The molecule has 1 heterocycles. The molecule has 0 radical (unpaired) electrons. The molecule has 0 aromatic heterocycles. The van der Waals surface area contributed by atoms with E-state index in [4.69, 9.17) is 4.74 Å². The van der Waals surface area contributed by atoms with Crippen LogP contribution >= 0.6 is 0 Å². The number of carbonyl (C=O) groups excluding carboxylic acids is 1. The molecular weight excluding hydrogens is 367 g/mol. The van der Waals surface area contributed by atoms with E-state index in [2.05, 4.69) is 18.7 Å². The number of morpholine rings is 1. The third-order valence-electron chi connectivity index (χ3n) is 5.17. The predicted octanol–water partition coefficient (Wildman–Crippen LogP) is 4.13. The largest absolute Gasteiger partial charge is 0.374 e. The van der Waals surface area contributed by atoms with E-state index >= 15 is 0 Å². The van der Waals surface area contributed by atoms with Gasteiger partial charge in [-0.25, -0.2) is 4.39 Å². The van der Waals surface area contributed by atoms with E-state index in [0.29, 0.717) is 49.8 Å². The summed E-state index contributed by atoms with van der Waals surface area (Å²) in [6, 6.07) is 14.6. The summed E-state index contributed by atoms with van der Waals surface area (Å²) in [6.07, 6.45) is -0.0799. The van der Waals surface area contributed by atoms with Crippen LogP contribution in [-0.2, 0) is 11.3 Å². The maximum absolute atomic E-state index is 14.0. The standard InChI is InChI=1S/C24H31FN2O2/c1-18(2)14-27(24(28)20-10-8-19(3)9-11-20)17-22-16-26(12-13-29-22)15-21-6-4-5-7-23(21)25/h4-11,18,22H,12-17H2,1-3H3/t22-/m1/s1. The number of benzene rings is 2. The molecule has 0 bridgehead atoms. The van der Waals surface area contributed by atoms with Gasteiger partial charge < -0.3 is 9.64 Å². The van der Waals surface area contributed by atoms with Crippen molar-refractivity contribution in [2.24, 2.45) is 5.92 Å². The number of hydrogen-bond donors (Lipinski definition) is 0. The number of amides is 1. The van der Waals surface area contributed by atoms with Crippen LogP contribution in [0.1, 0.15) is 35.3 Å². The number of ether oxygens (including phenoxy) is 1. The van der Waals surface area contributed by atoms with Crippen LogP contribution in [0.5, 0.6) is 0 Å². The minimum Gasteiger partial charge on any atom is -0.374 e. The highest BCUT2D eigenvalue weighted by molar-refractivity contribution is 5.94. The summed E-state index contributed by atoms with van der Waals surface area (Å²) in [5.41, 5.74) is 2.54. The molecule has 2 aromatic rings. The number of rotatable bonds is 7. The summed E-state index contributed by atoms with van der Waals surface area (Å²) in [5, 5.41) is 0. The lowest BCUT2D eigenvalue weighted by molar-refractivity contribution is -0.0440. The lowest BCUT2D eigenvalue weighted by Crippen LogP contribution is -2.49. The Morgan fingerprint density at radius 3 is 2.62 bits per heavy atom. The zero-order valence-corrected chi connectivity index (χ0v) is 17.6. The molecule has 2 aromatic carbocycles. The van der Waals surface area contributed by atoms with E-state index in [1.807, 2.05) is 48.2 Å². The van der Waals surface area contributed by atoms with E-state index < -0.39 is 0 Å². The molecule has 3 rings (SSSR count). The van der Waals surface area contributed by atoms with Crippen LogP contribution in [0.3, 0.4) is 0 Å². The quantitative estimate of drug-likeness (QED) is 0.703. The molecule has 1 aliphatic rings. The molecule has 1 saturated heterocycles. The molecule has 1 fully saturated rings. The van der Waals surface area contributed by atoms with Crippen LogP contribution in [0.15, 0.2) is 48.5 Å². The minimum atomic E-state index is -0.175. The molecule has 29 heavy (non-hydrogen) atoms. The predicted molar refractivity (Wildman–Crippen MR) is 113 cm³/mol. The Morgan fingerprint density at radius 2 is 1.93 bits per heavy atom. The van der Waals surface area contributed by atoms with Gasteiger partial charge in [0.25, 0.3) is 5.91 Å². The fourth-order valence-corrected chi connectivity index (χ4v) is 3.71. The van der Waals surface area contributed by atoms with Gasteiger partial charge in [0.15, 0.2) is 0 Å². The number of aryl methyl sites for hydroxylation is 1. The first kappa shape index (κ1) is 21.5. The third kappa shape index (κ3) is 6.12. The maximum Gasteiger partial charge on any atom is 0.253 e. The first-order valence-electron chi connectivity index (χ1n) is 10.4. The van der Waals surface area contributed by atoms with Gasteiger partial charge in [-0.2, -0.15) is 0 Å². The number of halogens is 1. The second-order valence-corrected chi connectivity index (χ2v) is 8.29. The van der Waals surface area contributed by atoms with Gasteiger partial charge in [-0.1, -0.05) is 49.7 Å². The van der Waals surface area contributed by atoms with Crippen molar-refractivity contribution in [3.63, 3.8) is 0 Å². The summed E-state index contributed by atoms with van der Waals surface area (Å²) in [5.74, 6) is 0.225. The van der Waals surface area contributed by atoms with Crippen molar-refractivity contribution in [3.05, 3.63) is 71.0 Å². The van der Waals surface area contributed by atoms with Crippen LogP contribution < -0.4 is 0 Å². The van der Waals surface area contributed by atoms with Gasteiger partial charge in [0.1, 0.15) is 5.82 Å². The first-order chi connectivity index (χ1) is 13.9. The van der Waals surface area contributed by atoms with Crippen molar-refractivity contribution in [3.8, 4) is 0 Å². The van der Waals surface area contributed by atoms with Crippen LogP contribution in [0.4, 0.5) is 4.39 Å². The van der Waals surface area contributed by atoms with Gasteiger partial charge >= 0.3 is 0 Å². The van der Waals surface area contributed by atoms with E-state index in [1.165, 1.54) is 6.07 Å². The lowest BCUT2D eigenvalue weighted by atomic mass is 10.1. The van der Waals surface area contributed by atoms with Gasteiger partial charge in [0, 0.05) is 43.9 Å². The summed E-state index contributed by atoms with van der Waals surface area (Å²) in [4.78, 5) is 17.2. The Bertz CT molecular complexity index is 807. The van der Waals surface area contributed by atoms with Crippen LogP contribution in [-0.4, -0.2) is 54.6 Å². The fourth-order valence-electron chi connectivity index (χ4n) is 3.71. The SMILES string of the molecule is Cc1ccc(C(=O)N(CC(C)C)C[C@H]2CN(Cc3ccccc3F)CCO2)cc1. The zero-order chi connectivity index (χ0) is 20.8. The molecule has 0 unspecified atom stereocenters. The molecule has 1 aliphatic heterocycles. The molecule has 156 valence electrons. The molecule has 0 saturated carbocycles. The third-order valence-corrected chi connectivity index (χ3v) is 5.17. The van der Waals surface area contributed by atoms with E-state index in [0.717, 1.165) is 12.1 Å². The average Bonchev–Trinajstić information content (AvgIpc) is 2.69. The van der Waals surface area contributed by atoms with Crippen molar-refractivity contribution in [1.82, 2.24) is 9.80 Å². The van der Waals surface area contributed by atoms with Crippen LogP contribution in [0, 0.1) is 18.7 Å². The highest BCUT2D eigenvalue weighted by atomic mass is 19.1. The maximum atomic E-state index is 14.0. The Labute approximate surface area is 173 Å². The van der Waals surface area contributed by atoms with Gasteiger partial charge in [0.2, 0.25) is 0 Å². The number of nitrogens with zero attached hydrogens (tertiary/aromatic N) is 2. The highest BCUT2D eigenvalue weighted by Gasteiger charge is 2.26. The molecule has 4 nitrogen and oxygen atoms in total. The fraction of sp³-hybridized carbons (Fsp3) is 0.458. The second kappa shape index (κ2) is 9.99. The Morgan fingerprint density at radius 1 is 1.21 bits per heavy atom. The first-order valence-corrected chi connectivity index (χ1v) is 10.4. The normalized spacial score (nSPS) is 17.5. The topological polar surface area (TPSA) is 32.8 Å². The van der Waals surface area contributed by atoms with Gasteiger partial charge in [-0.05, 0) is 31.0 Å². The monoisotopic (exact) mass is 398 g/mol. The van der Waals surface area contributed by atoms with Crippen LogP contribution in [0.2, 0.25) is 0 Å². The molecular formula is C24H31FN2O2. The van der Waals surface area contributed by atoms with Crippen molar-refractivity contribution >= 4 is 5.91 Å². The number of hydrogen-bond acceptors (Lipinski definition) is 3. The van der Waals surface area contributed by atoms with Crippen LogP contribution in [0.25, 0.3) is 0 Å². The van der Waals surface area contributed by atoms with Gasteiger partial charge in [0.05, 0.1) is 12.7 Å². The molecule has 1 atom stereocenters. The van der Waals surface area contributed by atoms with Crippen molar-refractivity contribution in [1.29, 1.82) is 0 Å². The lowest BCUT2D eigenvalue weighted by Gasteiger charge is -2.36. The smallest absolute Gasteiger partial charge is 0.253 e.